The molecule has 1 atom stereocenters. The normalized spacial score (nSPS) is 34.9. The Bertz CT molecular complexity index is 872. The van der Waals surface area contributed by atoms with Gasteiger partial charge in [-0.1, -0.05) is 6.07 Å². The largest absolute Gasteiger partial charge is 0.377 e. The Hall–Kier alpha value is -1.44. The van der Waals surface area contributed by atoms with E-state index in [-0.39, 0.29) is 28.9 Å². The van der Waals surface area contributed by atoms with E-state index in [9.17, 15) is 13.2 Å². The fraction of sp³-hybridized carbons (Fsp3) is 0.696. The van der Waals surface area contributed by atoms with Gasteiger partial charge in [0.05, 0.1) is 11.0 Å². The summed E-state index contributed by atoms with van der Waals surface area (Å²) in [7, 11) is -3.67. The average Bonchev–Trinajstić information content (AvgIpc) is 3.24. The zero-order valence-electron chi connectivity index (χ0n) is 17.4. The Balaban J connectivity index is 1.22. The fourth-order valence-electron chi connectivity index (χ4n) is 6.77. The smallest absolute Gasteiger partial charge is 0.251 e. The zero-order valence-corrected chi connectivity index (χ0v) is 18.3. The van der Waals surface area contributed by atoms with Gasteiger partial charge in [-0.15, -0.1) is 0 Å². The summed E-state index contributed by atoms with van der Waals surface area (Å²) in [4.78, 5) is 13.0. The van der Waals surface area contributed by atoms with Gasteiger partial charge >= 0.3 is 0 Å². The van der Waals surface area contributed by atoms with Crippen molar-refractivity contribution in [3.05, 3.63) is 29.8 Å². The van der Waals surface area contributed by atoms with E-state index in [4.69, 9.17) is 4.74 Å². The molecule has 4 saturated carbocycles. The van der Waals surface area contributed by atoms with Crippen molar-refractivity contribution in [1.29, 1.82) is 0 Å². The van der Waals surface area contributed by atoms with Crippen molar-refractivity contribution in [3.63, 3.8) is 0 Å². The van der Waals surface area contributed by atoms with Gasteiger partial charge in [-0.05, 0) is 92.7 Å². The van der Waals surface area contributed by atoms with Gasteiger partial charge < -0.3 is 10.1 Å². The van der Waals surface area contributed by atoms with E-state index in [1.54, 1.807) is 12.1 Å². The lowest BCUT2D eigenvalue weighted by Crippen LogP contribution is -2.51. The summed E-state index contributed by atoms with van der Waals surface area (Å²) in [5, 5.41) is 3.14. The second kappa shape index (κ2) is 7.92. The zero-order chi connectivity index (χ0) is 20.8. The van der Waals surface area contributed by atoms with Crippen LogP contribution in [0.2, 0.25) is 0 Å². The lowest BCUT2D eigenvalue weighted by atomic mass is 9.49. The van der Waals surface area contributed by atoms with Gasteiger partial charge in [0.25, 0.3) is 5.91 Å². The molecular weight excluding hydrogens is 400 g/mol. The number of rotatable bonds is 7. The third kappa shape index (κ3) is 4.16. The summed E-state index contributed by atoms with van der Waals surface area (Å²) >= 11 is 0. The Labute approximate surface area is 179 Å². The van der Waals surface area contributed by atoms with E-state index in [0.717, 1.165) is 30.6 Å². The van der Waals surface area contributed by atoms with Crippen LogP contribution in [0, 0.1) is 23.2 Å². The molecule has 4 bridgehead atoms. The van der Waals surface area contributed by atoms with Gasteiger partial charge in [-0.3, -0.25) is 4.79 Å². The fourth-order valence-corrected chi connectivity index (χ4v) is 7.88. The van der Waals surface area contributed by atoms with Gasteiger partial charge in [-0.25, -0.2) is 13.1 Å². The van der Waals surface area contributed by atoms with Crippen molar-refractivity contribution in [2.24, 2.45) is 23.2 Å². The molecule has 1 aromatic rings. The molecular formula is C23H32N2O4S. The highest BCUT2D eigenvalue weighted by Gasteiger charge is 2.50. The summed E-state index contributed by atoms with van der Waals surface area (Å²) < 4.78 is 33.4. The van der Waals surface area contributed by atoms with Crippen LogP contribution in [0.5, 0.6) is 0 Å². The molecule has 2 N–H and O–H groups in total. The molecule has 0 radical (unpaired) electrons. The number of benzene rings is 1. The van der Waals surface area contributed by atoms with Crippen LogP contribution in [-0.4, -0.2) is 40.1 Å². The van der Waals surface area contributed by atoms with Gasteiger partial charge in [-0.2, -0.15) is 0 Å². The van der Waals surface area contributed by atoms with E-state index < -0.39 is 10.0 Å². The number of sulfonamides is 1. The monoisotopic (exact) mass is 432 g/mol. The lowest BCUT2D eigenvalue weighted by Gasteiger charge is -2.56. The minimum Gasteiger partial charge on any atom is -0.377 e. The quantitative estimate of drug-likeness (QED) is 0.693. The maximum atomic E-state index is 12.8. The summed E-state index contributed by atoms with van der Waals surface area (Å²) in [5.74, 6) is 2.35. The van der Waals surface area contributed by atoms with Crippen LogP contribution in [0.4, 0.5) is 0 Å². The lowest BCUT2D eigenvalue weighted by molar-refractivity contribution is -0.0503. The maximum Gasteiger partial charge on any atom is 0.251 e. The highest BCUT2D eigenvalue weighted by atomic mass is 32.2. The van der Waals surface area contributed by atoms with E-state index in [2.05, 4.69) is 10.0 Å². The van der Waals surface area contributed by atoms with Gasteiger partial charge in [0, 0.05) is 25.3 Å². The van der Waals surface area contributed by atoms with E-state index in [1.807, 2.05) is 0 Å². The third-order valence-corrected chi connectivity index (χ3v) is 9.14. The molecule has 0 spiro atoms. The van der Waals surface area contributed by atoms with Crippen LogP contribution in [0.3, 0.4) is 0 Å². The second-order valence-corrected chi connectivity index (χ2v) is 11.9. The van der Waals surface area contributed by atoms with Crippen molar-refractivity contribution >= 4 is 15.9 Å². The Morgan fingerprint density at radius 1 is 1.10 bits per heavy atom. The number of amides is 1. The highest BCUT2D eigenvalue weighted by molar-refractivity contribution is 7.89. The summed E-state index contributed by atoms with van der Waals surface area (Å²) in [6.45, 7) is 1.67. The predicted molar refractivity (Wildman–Crippen MR) is 114 cm³/mol. The molecule has 1 unspecified atom stereocenters. The topological polar surface area (TPSA) is 84.5 Å². The molecule has 7 heteroatoms. The third-order valence-electron chi connectivity index (χ3n) is 7.72. The van der Waals surface area contributed by atoms with Crippen molar-refractivity contribution < 1.29 is 17.9 Å². The molecule has 4 aliphatic carbocycles. The predicted octanol–water partition coefficient (Wildman–Crippen LogP) is 3.09. The SMILES string of the molecule is O=C(NCC12CC3CC(CC(C3)C1)C2)c1cccc(S(=O)(=O)NCC2CCCO2)c1. The molecule has 6 nitrogen and oxygen atoms in total. The molecule has 5 fully saturated rings. The molecule has 30 heavy (non-hydrogen) atoms. The van der Waals surface area contributed by atoms with E-state index in [1.165, 1.54) is 50.7 Å². The highest BCUT2D eigenvalue weighted by Crippen LogP contribution is 2.59. The molecule has 1 aliphatic heterocycles. The van der Waals surface area contributed by atoms with E-state index >= 15 is 0 Å². The first-order valence-corrected chi connectivity index (χ1v) is 12.9. The van der Waals surface area contributed by atoms with Gasteiger partial charge in [0.15, 0.2) is 0 Å². The number of carbonyl (C=O) groups is 1. The molecule has 1 amide bonds. The molecule has 6 rings (SSSR count). The van der Waals surface area contributed by atoms with Crippen LogP contribution in [-0.2, 0) is 14.8 Å². The standard InChI is InChI=1S/C23H32N2O4S/c26-22(24-15-23-11-16-7-17(12-23)9-18(8-16)13-23)19-3-1-5-21(10-19)30(27,28)25-14-20-4-2-6-29-20/h1,3,5,10,16-18,20,25H,2,4,6-9,11-15H2,(H,24,26). The number of hydrogen-bond acceptors (Lipinski definition) is 4. The molecule has 1 aromatic carbocycles. The van der Waals surface area contributed by atoms with Crippen molar-refractivity contribution in [3.8, 4) is 0 Å². The van der Waals surface area contributed by atoms with Crippen LogP contribution in [0.1, 0.15) is 61.7 Å². The maximum absolute atomic E-state index is 12.8. The summed E-state index contributed by atoms with van der Waals surface area (Å²) in [5.41, 5.74) is 0.663. The molecule has 0 aromatic heterocycles. The Morgan fingerprint density at radius 2 is 1.80 bits per heavy atom. The minimum atomic E-state index is -3.67. The number of nitrogens with one attached hydrogen (secondary N) is 2. The number of hydrogen-bond donors (Lipinski definition) is 2. The van der Waals surface area contributed by atoms with Crippen molar-refractivity contribution in [2.75, 3.05) is 19.7 Å². The molecule has 164 valence electrons. The van der Waals surface area contributed by atoms with Crippen molar-refractivity contribution in [1.82, 2.24) is 10.0 Å². The molecule has 1 saturated heterocycles. The summed E-state index contributed by atoms with van der Waals surface area (Å²) in [6.07, 6.45) is 9.62. The minimum absolute atomic E-state index is 0.0634. The summed E-state index contributed by atoms with van der Waals surface area (Å²) in [6, 6.07) is 6.34. The first-order chi connectivity index (χ1) is 14.4. The molecule has 5 aliphatic rings. The van der Waals surface area contributed by atoms with Gasteiger partial charge in [0.2, 0.25) is 10.0 Å². The number of carbonyl (C=O) groups excluding carboxylic acids is 1. The Morgan fingerprint density at radius 3 is 2.43 bits per heavy atom. The van der Waals surface area contributed by atoms with Crippen LogP contribution < -0.4 is 10.0 Å². The Kier molecular flexibility index (Phi) is 5.40. The first-order valence-electron chi connectivity index (χ1n) is 11.4. The van der Waals surface area contributed by atoms with Crippen LogP contribution in [0.25, 0.3) is 0 Å². The van der Waals surface area contributed by atoms with Gasteiger partial charge in [0.1, 0.15) is 0 Å². The second-order valence-electron chi connectivity index (χ2n) is 10.1. The van der Waals surface area contributed by atoms with Crippen LogP contribution >= 0.6 is 0 Å². The molecule has 1 heterocycles. The van der Waals surface area contributed by atoms with E-state index in [0.29, 0.717) is 18.7 Å². The average molecular weight is 433 g/mol. The first kappa shape index (κ1) is 20.5. The number of ether oxygens (including phenoxy) is 1. The van der Waals surface area contributed by atoms with Crippen LogP contribution in [0.15, 0.2) is 29.2 Å². The van der Waals surface area contributed by atoms with Crippen molar-refractivity contribution in [2.45, 2.75) is 62.4 Å².